The predicted octanol–water partition coefficient (Wildman–Crippen LogP) is 0.687. The summed E-state index contributed by atoms with van der Waals surface area (Å²) in [6.07, 6.45) is 3.74. The molecule has 3 N–H and O–H groups in total. The first-order valence-electron chi connectivity index (χ1n) is 8.46. The van der Waals surface area contributed by atoms with Gasteiger partial charge >= 0.3 is 0 Å². The molecule has 0 saturated carbocycles. The van der Waals surface area contributed by atoms with E-state index in [1.807, 2.05) is 11.8 Å². The smallest absolute Gasteiger partial charge is 0.237 e. The van der Waals surface area contributed by atoms with Crippen LogP contribution in [0.25, 0.3) is 0 Å². The van der Waals surface area contributed by atoms with Crippen LogP contribution in [-0.2, 0) is 14.4 Å². The zero-order chi connectivity index (χ0) is 16.9. The molecule has 1 amide bonds. The van der Waals surface area contributed by atoms with Gasteiger partial charge in [0.1, 0.15) is 11.6 Å². The van der Waals surface area contributed by atoms with Gasteiger partial charge in [0.15, 0.2) is 0 Å². The van der Waals surface area contributed by atoms with Crippen LogP contribution in [0.5, 0.6) is 0 Å². The van der Waals surface area contributed by atoms with Crippen molar-refractivity contribution < 1.29 is 14.4 Å². The second-order valence-corrected chi connectivity index (χ2v) is 7.84. The molecule has 1 atom stereocenters. The Morgan fingerprint density at radius 1 is 1.30 bits per heavy atom. The van der Waals surface area contributed by atoms with Crippen LogP contribution in [0.1, 0.15) is 45.4 Å². The van der Waals surface area contributed by atoms with E-state index in [1.54, 1.807) is 11.8 Å². The number of thioether (sulfide) groups is 1. The quantitative estimate of drug-likeness (QED) is 0.675. The lowest BCUT2D eigenvalue weighted by Crippen LogP contribution is -2.51. The first-order chi connectivity index (χ1) is 11.0. The van der Waals surface area contributed by atoms with Crippen molar-refractivity contribution in [2.24, 2.45) is 5.73 Å². The molecule has 130 valence electrons. The molecule has 2 fully saturated rings. The Hall–Kier alpha value is -0.920. The third-order valence-electron chi connectivity index (χ3n) is 4.56. The van der Waals surface area contributed by atoms with Gasteiger partial charge in [-0.3, -0.25) is 14.4 Å². The molecule has 2 saturated heterocycles. The van der Waals surface area contributed by atoms with Crippen molar-refractivity contribution in [3.63, 3.8) is 0 Å². The fourth-order valence-corrected chi connectivity index (χ4v) is 5.11. The van der Waals surface area contributed by atoms with Crippen molar-refractivity contribution in [3.8, 4) is 0 Å². The van der Waals surface area contributed by atoms with Crippen molar-refractivity contribution in [1.82, 2.24) is 10.2 Å². The average Bonchev–Trinajstić information content (AvgIpc) is 2.78. The van der Waals surface area contributed by atoms with Crippen LogP contribution in [0, 0.1) is 0 Å². The van der Waals surface area contributed by atoms with Crippen LogP contribution in [0.2, 0.25) is 0 Å². The third kappa shape index (κ3) is 4.33. The van der Waals surface area contributed by atoms with Gasteiger partial charge in [-0.15, -0.1) is 11.8 Å². The number of rotatable bonds is 8. The van der Waals surface area contributed by atoms with Crippen LogP contribution in [0.15, 0.2) is 0 Å². The summed E-state index contributed by atoms with van der Waals surface area (Å²) in [5, 5.41) is 2.98. The largest absolute Gasteiger partial charge is 0.326 e. The van der Waals surface area contributed by atoms with Gasteiger partial charge in [0.2, 0.25) is 5.91 Å². The number of carbonyl (C=O) groups excluding carboxylic acids is 3. The van der Waals surface area contributed by atoms with Gasteiger partial charge < -0.3 is 16.0 Å². The van der Waals surface area contributed by atoms with Gasteiger partial charge in [0.05, 0.1) is 16.7 Å². The highest BCUT2D eigenvalue weighted by Crippen LogP contribution is 2.48. The Balaban J connectivity index is 2.08. The van der Waals surface area contributed by atoms with E-state index in [4.69, 9.17) is 5.73 Å². The van der Waals surface area contributed by atoms with Crippen molar-refractivity contribution in [3.05, 3.63) is 0 Å². The molecule has 0 aromatic carbocycles. The molecule has 1 unspecified atom stereocenters. The summed E-state index contributed by atoms with van der Waals surface area (Å²) in [5.41, 5.74) is 5.39. The van der Waals surface area contributed by atoms with Crippen LogP contribution in [0.4, 0.5) is 0 Å². The van der Waals surface area contributed by atoms with Crippen molar-refractivity contribution in [1.29, 1.82) is 0 Å². The minimum Gasteiger partial charge on any atom is -0.326 e. The summed E-state index contributed by atoms with van der Waals surface area (Å²) >= 11 is 1.61. The van der Waals surface area contributed by atoms with Gasteiger partial charge in [-0.25, -0.2) is 0 Å². The third-order valence-corrected chi connectivity index (χ3v) is 6.28. The monoisotopic (exact) mass is 341 g/mol. The molecular weight excluding hydrogens is 314 g/mol. The summed E-state index contributed by atoms with van der Waals surface area (Å²) < 4.78 is 0. The van der Waals surface area contributed by atoms with E-state index in [9.17, 15) is 14.4 Å². The molecule has 7 heteroatoms. The van der Waals surface area contributed by atoms with Gasteiger partial charge in [-0.2, -0.15) is 0 Å². The zero-order valence-corrected chi connectivity index (χ0v) is 14.6. The molecule has 0 aromatic rings. The van der Waals surface area contributed by atoms with Crippen molar-refractivity contribution >= 4 is 29.2 Å². The van der Waals surface area contributed by atoms with E-state index < -0.39 is 0 Å². The fourth-order valence-electron chi connectivity index (χ4n) is 3.33. The molecular formula is C16H27N3O3S. The number of carbonyl (C=O) groups is 3. The number of nitrogens with one attached hydrogen (secondary N) is 1. The van der Waals surface area contributed by atoms with Crippen LogP contribution < -0.4 is 11.1 Å². The summed E-state index contributed by atoms with van der Waals surface area (Å²) in [4.78, 5) is 37.9. The first-order valence-corrected chi connectivity index (χ1v) is 9.34. The van der Waals surface area contributed by atoms with E-state index in [0.717, 1.165) is 32.4 Å². The SMILES string of the molecule is CCCC(=O)CCN1C(=O)C(CC(=O)CN)SC12CCNCC2. The van der Waals surface area contributed by atoms with Gasteiger partial charge in [0, 0.05) is 25.8 Å². The summed E-state index contributed by atoms with van der Waals surface area (Å²) in [6.45, 7) is 4.15. The average molecular weight is 341 g/mol. The maximum Gasteiger partial charge on any atom is 0.237 e. The molecule has 0 aliphatic carbocycles. The Morgan fingerprint density at radius 2 is 2.00 bits per heavy atom. The lowest BCUT2D eigenvalue weighted by atomic mass is 10.0. The number of hydrogen-bond acceptors (Lipinski definition) is 6. The van der Waals surface area contributed by atoms with Crippen molar-refractivity contribution in [2.75, 3.05) is 26.2 Å². The molecule has 2 heterocycles. The maximum atomic E-state index is 12.8. The molecule has 2 aliphatic rings. The summed E-state index contributed by atoms with van der Waals surface area (Å²) in [6, 6.07) is 0. The molecule has 23 heavy (non-hydrogen) atoms. The Labute approximate surface area is 141 Å². The highest BCUT2D eigenvalue weighted by atomic mass is 32.2. The Morgan fingerprint density at radius 3 is 2.61 bits per heavy atom. The highest BCUT2D eigenvalue weighted by molar-refractivity contribution is 8.02. The topological polar surface area (TPSA) is 92.5 Å². The lowest BCUT2D eigenvalue weighted by molar-refractivity contribution is -0.134. The number of hydrogen-bond donors (Lipinski definition) is 2. The highest BCUT2D eigenvalue weighted by Gasteiger charge is 2.51. The number of nitrogens with zero attached hydrogens (tertiary/aromatic N) is 1. The summed E-state index contributed by atoms with van der Waals surface area (Å²) in [7, 11) is 0. The minimum atomic E-state index is -0.342. The number of ketones is 2. The number of nitrogens with two attached hydrogens (primary N) is 1. The standard InChI is InChI=1S/C16H27N3O3S/c1-2-3-12(20)4-9-19-15(22)14(10-13(21)11-17)23-16(19)5-7-18-8-6-16/h14,18H,2-11,17H2,1H3. The number of amides is 1. The maximum absolute atomic E-state index is 12.8. The van der Waals surface area contributed by atoms with E-state index in [0.29, 0.717) is 19.4 Å². The number of piperidine rings is 1. The Bertz CT molecular complexity index is 463. The molecule has 0 bridgehead atoms. The van der Waals surface area contributed by atoms with Crippen LogP contribution >= 0.6 is 11.8 Å². The van der Waals surface area contributed by atoms with Crippen LogP contribution in [-0.4, -0.2) is 58.7 Å². The molecule has 0 radical (unpaired) electrons. The van der Waals surface area contributed by atoms with E-state index in [2.05, 4.69) is 5.32 Å². The predicted molar refractivity (Wildman–Crippen MR) is 91.1 cm³/mol. The molecule has 2 rings (SSSR count). The zero-order valence-electron chi connectivity index (χ0n) is 13.8. The summed E-state index contributed by atoms with van der Waals surface area (Å²) in [5.74, 6) is 0.128. The molecule has 1 spiro atoms. The second kappa shape index (κ2) is 8.26. The minimum absolute atomic E-state index is 0.00278. The van der Waals surface area contributed by atoms with E-state index >= 15 is 0 Å². The van der Waals surface area contributed by atoms with Crippen LogP contribution in [0.3, 0.4) is 0 Å². The lowest BCUT2D eigenvalue weighted by Gasteiger charge is -2.40. The van der Waals surface area contributed by atoms with Crippen molar-refractivity contribution in [2.45, 2.75) is 55.6 Å². The fraction of sp³-hybridized carbons (Fsp3) is 0.812. The van der Waals surface area contributed by atoms with E-state index in [-0.39, 0.29) is 40.6 Å². The van der Waals surface area contributed by atoms with Gasteiger partial charge in [0.25, 0.3) is 0 Å². The normalized spacial score (nSPS) is 23.5. The molecule has 0 aromatic heterocycles. The molecule has 6 nitrogen and oxygen atoms in total. The second-order valence-electron chi connectivity index (χ2n) is 6.28. The Kier molecular flexibility index (Phi) is 6.61. The first kappa shape index (κ1) is 18.4. The van der Waals surface area contributed by atoms with Gasteiger partial charge in [-0.05, 0) is 32.4 Å². The molecule has 2 aliphatic heterocycles. The number of Topliss-reactive ketones (excluding diaryl/α,β-unsaturated/α-hetero) is 2. The van der Waals surface area contributed by atoms with Gasteiger partial charge in [-0.1, -0.05) is 6.92 Å². The van der Waals surface area contributed by atoms with E-state index in [1.165, 1.54) is 0 Å².